The number of hydrogen-bond acceptors (Lipinski definition) is 5. The summed E-state index contributed by atoms with van der Waals surface area (Å²) >= 11 is 5.83. The lowest BCUT2D eigenvalue weighted by atomic mass is 10.2. The summed E-state index contributed by atoms with van der Waals surface area (Å²) in [5, 5.41) is 0.478. The van der Waals surface area contributed by atoms with Gasteiger partial charge in [0.15, 0.2) is 0 Å². The highest BCUT2D eigenvalue weighted by Gasteiger charge is 2.31. The Hall–Kier alpha value is -2.16. The molecule has 2 aromatic rings. The largest absolute Gasteiger partial charge is 0.477 e. The molecule has 3 rings (SSSR count). The van der Waals surface area contributed by atoms with E-state index in [0.717, 1.165) is 0 Å². The van der Waals surface area contributed by atoms with Gasteiger partial charge in [-0.05, 0) is 43.3 Å². The number of halogens is 1. The third-order valence-electron chi connectivity index (χ3n) is 4.26. The molecule has 1 aliphatic heterocycles. The average Bonchev–Trinajstić information content (AvgIpc) is 2.68. The van der Waals surface area contributed by atoms with E-state index in [1.165, 1.54) is 16.4 Å². The monoisotopic (exact) mass is 409 g/mol. The van der Waals surface area contributed by atoms with Gasteiger partial charge in [0.25, 0.3) is 5.91 Å². The highest BCUT2D eigenvalue weighted by Crippen LogP contribution is 2.22. The van der Waals surface area contributed by atoms with E-state index in [0.29, 0.717) is 36.2 Å². The van der Waals surface area contributed by atoms with Crippen molar-refractivity contribution in [1.29, 1.82) is 0 Å². The number of carbonyl (C=O) groups is 1. The Morgan fingerprint density at radius 2 is 1.81 bits per heavy atom. The number of carbonyl (C=O) groups excluding carboxylic acids is 1. The number of benzene rings is 1. The van der Waals surface area contributed by atoms with Crippen LogP contribution in [0.3, 0.4) is 0 Å². The molecule has 1 aromatic carbocycles. The number of hydrogen-bond donors (Lipinski definition) is 0. The minimum atomic E-state index is -3.61. The van der Waals surface area contributed by atoms with Crippen molar-refractivity contribution in [1.82, 2.24) is 14.2 Å². The highest BCUT2D eigenvalue weighted by molar-refractivity contribution is 7.89. The molecule has 2 heterocycles. The van der Waals surface area contributed by atoms with E-state index in [9.17, 15) is 13.2 Å². The van der Waals surface area contributed by atoms with Crippen LogP contribution in [-0.2, 0) is 10.0 Å². The van der Waals surface area contributed by atoms with Gasteiger partial charge in [-0.1, -0.05) is 11.6 Å². The zero-order valence-electron chi connectivity index (χ0n) is 14.8. The first-order valence-corrected chi connectivity index (χ1v) is 10.4. The molecule has 1 fully saturated rings. The number of rotatable bonds is 5. The number of amides is 1. The molecular weight excluding hydrogens is 390 g/mol. The van der Waals surface area contributed by atoms with Gasteiger partial charge in [-0.15, -0.1) is 0 Å². The van der Waals surface area contributed by atoms with E-state index in [1.54, 1.807) is 35.4 Å². The van der Waals surface area contributed by atoms with Crippen LogP contribution < -0.4 is 4.74 Å². The highest BCUT2D eigenvalue weighted by atomic mass is 35.5. The van der Waals surface area contributed by atoms with Gasteiger partial charge in [0, 0.05) is 37.4 Å². The van der Waals surface area contributed by atoms with Crippen molar-refractivity contribution in [2.75, 3.05) is 32.8 Å². The van der Waals surface area contributed by atoms with Crippen LogP contribution in [0.15, 0.2) is 47.5 Å². The summed E-state index contributed by atoms with van der Waals surface area (Å²) < 4.78 is 32.3. The van der Waals surface area contributed by atoms with Crippen LogP contribution in [0.4, 0.5) is 0 Å². The van der Waals surface area contributed by atoms with Crippen molar-refractivity contribution >= 4 is 27.5 Å². The maximum absolute atomic E-state index is 12.8. The Morgan fingerprint density at radius 1 is 1.15 bits per heavy atom. The molecule has 1 aliphatic rings. The molecule has 7 nitrogen and oxygen atoms in total. The van der Waals surface area contributed by atoms with E-state index in [2.05, 4.69) is 4.98 Å². The van der Waals surface area contributed by atoms with E-state index in [4.69, 9.17) is 16.3 Å². The number of piperazine rings is 1. The molecule has 1 aromatic heterocycles. The zero-order chi connectivity index (χ0) is 19.4. The Labute approximate surface area is 163 Å². The Morgan fingerprint density at radius 3 is 2.44 bits per heavy atom. The predicted octanol–water partition coefficient (Wildman–Crippen LogP) is 2.28. The smallest absolute Gasteiger partial charge is 0.259 e. The quantitative estimate of drug-likeness (QED) is 0.756. The van der Waals surface area contributed by atoms with Crippen LogP contribution in [0.5, 0.6) is 5.88 Å². The fourth-order valence-corrected chi connectivity index (χ4v) is 4.41. The average molecular weight is 410 g/mol. The summed E-state index contributed by atoms with van der Waals surface area (Å²) in [6.07, 6.45) is 1.57. The van der Waals surface area contributed by atoms with E-state index >= 15 is 0 Å². The molecule has 27 heavy (non-hydrogen) atoms. The second-order valence-corrected chi connectivity index (χ2v) is 8.31. The SMILES string of the molecule is CCOc1ncccc1C(=O)N1CCN(S(=O)(=O)c2ccc(Cl)cc2)CC1. The number of nitrogens with zero attached hydrogens (tertiary/aromatic N) is 3. The van der Waals surface area contributed by atoms with Gasteiger partial charge < -0.3 is 9.64 Å². The lowest BCUT2D eigenvalue weighted by molar-refractivity contribution is 0.0692. The molecule has 0 N–H and O–H groups in total. The maximum atomic E-state index is 12.8. The molecule has 0 spiro atoms. The molecule has 0 atom stereocenters. The van der Waals surface area contributed by atoms with Crippen LogP contribution in [-0.4, -0.2) is 61.3 Å². The van der Waals surface area contributed by atoms with Gasteiger partial charge >= 0.3 is 0 Å². The lowest BCUT2D eigenvalue weighted by Gasteiger charge is -2.34. The minimum Gasteiger partial charge on any atom is -0.477 e. The summed E-state index contributed by atoms with van der Waals surface area (Å²) in [4.78, 5) is 18.7. The number of pyridine rings is 1. The molecule has 1 saturated heterocycles. The molecule has 1 amide bonds. The van der Waals surface area contributed by atoms with Crippen molar-refractivity contribution in [3.05, 3.63) is 53.2 Å². The molecular formula is C18H20ClN3O4S. The number of ether oxygens (including phenoxy) is 1. The van der Waals surface area contributed by atoms with Crippen LogP contribution >= 0.6 is 11.6 Å². The summed E-state index contributed by atoms with van der Waals surface area (Å²) in [5.41, 5.74) is 0.383. The first kappa shape index (κ1) is 19.6. The maximum Gasteiger partial charge on any atom is 0.259 e. The van der Waals surface area contributed by atoms with E-state index < -0.39 is 10.0 Å². The minimum absolute atomic E-state index is 0.192. The van der Waals surface area contributed by atoms with Gasteiger partial charge in [-0.2, -0.15) is 4.31 Å². The van der Waals surface area contributed by atoms with Crippen molar-refractivity contribution in [2.24, 2.45) is 0 Å². The van der Waals surface area contributed by atoms with Crippen molar-refractivity contribution < 1.29 is 17.9 Å². The van der Waals surface area contributed by atoms with Crippen molar-refractivity contribution in [2.45, 2.75) is 11.8 Å². The summed E-state index contributed by atoms with van der Waals surface area (Å²) in [7, 11) is -3.61. The third-order valence-corrected chi connectivity index (χ3v) is 6.42. The van der Waals surface area contributed by atoms with Crippen LogP contribution in [0, 0.1) is 0 Å². The number of aromatic nitrogens is 1. The molecule has 0 bridgehead atoms. The summed E-state index contributed by atoms with van der Waals surface area (Å²) in [6, 6.07) is 9.41. The first-order valence-electron chi connectivity index (χ1n) is 8.56. The molecule has 144 valence electrons. The Bertz CT molecular complexity index is 910. The summed E-state index contributed by atoms with van der Waals surface area (Å²) in [6.45, 7) is 3.27. The van der Waals surface area contributed by atoms with Gasteiger partial charge in [0.1, 0.15) is 5.56 Å². The van der Waals surface area contributed by atoms with Crippen LogP contribution in [0.25, 0.3) is 0 Å². The fourth-order valence-electron chi connectivity index (χ4n) is 2.86. The molecule has 9 heteroatoms. The second-order valence-electron chi connectivity index (χ2n) is 5.94. The fraction of sp³-hybridized carbons (Fsp3) is 0.333. The normalized spacial score (nSPS) is 15.6. The standard InChI is InChI=1S/C18H20ClN3O4S/c1-2-26-17-16(4-3-9-20-17)18(23)21-10-12-22(13-11-21)27(24,25)15-7-5-14(19)6-8-15/h3-9H,2,10-13H2,1H3. The first-order chi connectivity index (χ1) is 12.9. The second kappa shape index (κ2) is 8.24. The van der Waals surface area contributed by atoms with Crippen LogP contribution in [0.1, 0.15) is 17.3 Å². The lowest BCUT2D eigenvalue weighted by Crippen LogP contribution is -2.50. The molecule has 0 unspecified atom stereocenters. The Balaban J connectivity index is 1.70. The molecule has 0 saturated carbocycles. The topological polar surface area (TPSA) is 79.8 Å². The molecule has 0 aliphatic carbocycles. The van der Waals surface area contributed by atoms with Crippen molar-refractivity contribution in [3.8, 4) is 5.88 Å². The van der Waals surface area contributed by atoms with Gasteiger partial charge in [0.05, 0.1) is 11.5 Å². The third kappa shape index (κ3) is 4.23. The van der Waals surface area contributed by atoms with Gasteiger partial charge in [0.2, 0.25) is 15.9 Å². The predicted molar refractivity (Wildman–Crippen MR) is 102 cm³/mol. The summed E-state index contributed by atoms with van der Waals surface area (Å²) in [5.74, 6) is 0.0799. The number of sulfonamides is 1. The van der Waals surface area contributed by atoms with E-state index in [1.807, 2.05) is 6.92 Å². The Kier molecular flexibility index (Phi) is 5.98. The van der Waals surface area contributed by atoms with E-state index in [-0.39, 0.29) is 23.9 Å². The van der Waals surface area contributed by atoms with Crippen LogP contribution in [0.2, 0.25) is 5.02 Å². The van der Waals surface area contributed by atoms with Gasteiger partial charge in [-0.3, -0.25) is 4.79 Å². The van der Waals surface area contributed by atoms with Crippen molar-refractivity contribution in [3.63, 3.8) is 0 Å². The zero-order valence-corrected chi connectivity index (χ0v) is 16.4. The molecule has 0 radical (unpaired) electrons. The van der Waals surface area contributed by atoms with Gasteiger partial charge in [-0.25, -0.2) is 13.4 Å².